The van der Waals surface area contributed by atoms with Crippen molar-refractivity contribution in [3.8, 4) is 16.3 Å². The summed E-state index contributed by atoms with van der Waals surface area (Å²) in [5.41, 5.74) is -1.54. The van der Waals surface area contributed by atoms with Crippen molar-refractivity contribution in [1.29, 1.82) is 0 Å². The van der Waals surface area contributed by atoms with Crippen molar-refractivity contribution in [2.75, 3.05) is 38.3 Å². The van der Waals surface area contributed by atoms with E-state index < -0.39 is 40.5 Å². The Kier molecular flexibility index (Phi) is 7.21. The zero-order valence-electron chi connectivity index (χ0n) is 22.2. The van der Waals surface area contributed by atoms with Crippen molar-refractivity contribution in [2.24, 2.45) is 0 Å². The van der Waals surface area contributed by atoms with Gasteiger partial charge in [-0.25, -0.2) is 13.6 Å². The van der Waals surface area contributed by atoms with Crippen LogP contribution in [0, 0.1) is 11.6 Å². The number of amides is 2. The number of fused-ring (bicyclic) bond motifs is 1. The van der Waals surface area contributed by atoms with E-state index in [-0.39, 0.29) is 34.9 Å². The molecule has 2 amide bonds. The number of halogens is 2. The summed E-state index contributed by atoms with van der Waals surface area (Å²) in [4.78, 5) is 42.4. The van der Waals surface area contributed by atoms with Crippen molar-refractivity contribution in [2.45, 2.75) is 38.8 Å². The number of pyridine rings is 1. The molecule has 1 spiro atoms. The van der Waals surface area contributed by atoms with E-state index in [1.54, 1.807) is 28.8 Å². The second-order valence-corrected chi connectivity index (χ2v) is 10.6. The number of hydrogen-bond donors (Lipinski definition) is 1. The molecular weight excluding hydrogens is 546 g/mol. The fraction of sp³-hybridized carbons (Fsp3) is 0.423. The van der Waals surface area contributed by atoms with E-state index in [0.29, 0.717) is 37.5 Å². The first-order valence-corrected chi connectivity index (χ1v) is 13.7. The number of hydrogen-bond acceptors (Lipinski definition) is 9. The lowest BCUT2D eigenvalue weighted by Crippen LogP contribution is -2.72. The van der Waals surface area contributed by atoms with Crippen LogP contribution in [-0.2, 0) is 11.2 Å². The van der Waals surface area contributed by atoms with Crippen LogP contribution < -0.4 is 10.4 Å². The fourth-order valence-corrected chi connectivity index (χ4v) is 6.29. The third-order valence-electron chi connectivity index (χ3n) is 7.50. The molecule has 0 radical (unpaired) electrons. The Labute approximate surface area is 232 Å². The standard InChI is InChI=1S/C26H28F2N6O5S/c1-4-33-24(37)20-22(36)21(35)17(23-30-29-19(40-23)12-15-6-7-16(27)13-18(15)28)14-34(20)31(3)26(33)8-10-32(11-9-26)25(38)39-5-2/h6-7,13-14,36H,4-5,8-12H2,1-3H3. The molecule has 0 unspecified atom stereocenters. The summed E-state index contributed by atoms with van der Waals surface area (Å²) in [6.45, 7) is 4.82. The van der Waals surface area contributed by atoms with Crippen LogP contribution in [0.15, 0.2) is 29.2 Å². The molecule has 11 nitrogen and oxygen atoms in total. The molecule has 3 aromatic rings. The molecule has 212 valence electrons. The molecular formula is C26H28F2N6O5S. The summed E-state index contributed by atoms with van der Waals surface area (Å²) >= 11 is 1.03. The summed E-state index contributed by atoms with van der Waals surface area (Å²) in [6, 6.07) is 3.25. The van der Waals surface area contributed by atoms with Crippen LogP contribution in [0.5, 0.6) is 5.75 Å². The van der Waals surface area contributed by atoms with Crippen LogP contribution in [0.2, 0.25) is 0 Å². The predicted molar refractivity (Wildman–Crippen MR) is 142 cm³/mol. The highest BCUT2D eigenvalue weighted by atomic mass is 32.1. The number of aromatic hydroxyl groups is 1. The van der Waals surface area contributed by atoms with E-state index >= 15 is 0 Å². The molecule has 0 atom stereocenters. The van der Waals surface area contributed by atoms with E-state index in [4.69, 9.17) is 4.74 Å². The molecule has 4 heterocycles. The van der Waals surface area contributed by atoms with Crippen LogP contribution in [0.4, 0.5) is 13.6 Å². The average molecular weight is 575 g/mol. The van der Waals surface area contributed by atoms with Crippen LogP contribution >= 0.6 is 11.3 Å². The van der Waals surface area contributed by atoms with E-state index in [0.717, 1.165) is 23.5 Å². The summed E-state index contributed by atoms with van der Waals surface area (Å²) in [5.74, 6) is -2.63. The SMILES string of the molecule is CCOC(=O)N1CCC2(CC1)N(CC)C(=O)c1c(O)c(=O)c(-c3nnc(Cc4ccc(F)cc4F)s3)cn1N2C. The molecule has 14 heteroatoms. The predicted octanol–water partition coefficient (Wildman–Crippen LogP) is 2.93. The molecule has 1 saturated heterocycles. The number of carbonyl (C=O) groups excluding carboxylic acids is 2. The van der Waals surface area contributed by atoms with Gasteiger partial charge in [0.2, 0.25) is 5.43 Å². The highest BCUT2D eigenvalue weighted by Crippen LogP contribution is 2.38. The lowest BCUT2D eigenvalue weighted by Gasteiger charge is -2.56. The van der Waals surface area contributed by atoms with Crippen LogP contribution in [0.25, 0.3) is 10.6 Å². The largest absolute Gasteiger partial charge is 0.502 e. The lowest BCUT2D eigenvalue weighted by molar-refractivity contribution is -0.000613. The summed E-state index contributed by atoms with van der Waals surface area (Å²) in [7, 11) is 1.76. The number of benzene rings is 1. The number of carbonyl (C=O) groups is 2. The van der Waals surface area contributed by atoms with E-state index in [1.165, 1.54) is 16.9 Å². The maximum absolute atomic E-state index is 14.2. The van der Waals surface area contributed by atoms with Gasteiger partial charge in [0, 0.05) is 58.2 Å². The van der Waals surface area contributed by atoms with E-state index in [1.807, 2.05) is 6.92 Å². The van der Waals surface area contributed by atoms with E-state index in [9.17, 15) is 28.3 Å². The number of ether oxygens (including phenoxy) is 1. The molecule has 0 saturated carbocycles. The summed E-state index contributed by atoms with van der Waals surface area (Å²) < 4.78 is 34.0. The Balaban J connectivity index is 1.51. The minimum atomic E-state index is -0.826. The molecule has 5 rings (SSSR count). The Hall–Kier alpha value is -4.07. The van der Waals surface area contributed by atoms with Gasteiger partial charge in [0.1, 0.15) is 22.3 Å². The van der Waals surface area contributed by atoms with Gasteiger partial charge in [0.15, 0.2) is 16.5 Å². The maximum atomic E-state index is 14.2. The molecule has 2 aliphatic heterocycles. The van der Waals surface area contributed by atoms with Crippen LogP contribution in [0.1, 0.15) is 47.7 Å². The maximum Gasteiger partial charge on any atom is 0.409 e. The van der Waals surface area contributed by atoms with Crippen molar-refractivity contribution in [3.63, 3.8) is 0 Å². The van der Waals surface area contributed by atoms with Gasteiger partial charge in [-0.1, -0.05) is 17.4 Å². The molecule has 2 aromatic heterocycles. The normalized spacial score (nSPS) is 16.4. The molecule has 40 heavy (non-hydrogen) atoms. The highest BCUT2D eigenvalue weighted by Gasteiger charge is 2.51. The van der Waals surface area contributed by atoms with Crippen molar-refractivity contribution < 1.29 is 28.2 Å². The van der Waals surface area contributed by atoms with E-state index in [2.05, 4.69) is 10.2 Å². The monoisotopic (exact) mass is 574 g/mol. The molecule has 1 N–H and O–H groups in total. The first-order valence-electron chi connectivity index (χ1n) is 12.8. The summed E-state index contributed by atoms with van der Waals surface area (Å²) in [5, 5.41) is 21.4. The van der Waals surface area contributed by atoms with Gasteiger partial charge in [0.05, 0.1) is 12.2 Å². The zero-order valence-corrected chi connectivity index (χ0v) is 23.0. The molecule has 0 bridgehead atoms. The molecule has 0 aliphatic carbocycles. The molecule has 1 fully saturated rings. The Bertz CT molecular complexity index is 1530. The Morgan fingerprint density at radius 2 is 1.90 bits per heavy atom. The first-order chi connectivity index (χ1) is 19.1. The second kappa shape index (κ2) is 10.5. The van der Waals surface area contributed by atoms with Gasteiger partial charge in [-0.2, -0.15) is 0 Å². The fourth-order valence-electron chi connectivity index (χ4n) is 5.42. The third-order valence-corrected chi connectivity index (χ3v) is 8.46. The van der Waals surface area contributed by atoms with Gasteiger partial charge in [-0.15, -0.1) is 10.2 Å². The Morgan fingerprint density at radius 1 is 1.18 bits per heavy atom. The first kappa shape index (κ1) is 27.5. The third kappa shape index (κ3) is 4.45. The number of piperidine rings is 1. The van der Waals surface area contributed by atoms with Gasteiger partial charge >= 0.3 is 6.09 Å². The summed E-state index contributed by atoms with van der Waals surface area (Å²) in [6.07, 6.45) is 1.89. The number of aromatic nitrogens is 3. The van der Waals surface area contributed by atoms with Crippen molar-refractivity contribution in [1.82, 2.24) is 24.7 Å². The Morgan fingerprint density at radius 3 is 2.55 bits per heavy atom. The van der Waals surface area contributed by atoms with Gasteiger partial charge in [-0.3, -0.25) is 19.3 Å². The number of rotatable bonds is 5. The van der Waals surface area contributed by atoms with Crippen LogP contribution in [-0.4, -0.2) is 80.7 Å². The smallest absolute Gasteiger partial charge is 0.409 e. The lowest BCUT2D eigenvalue weighted by atomic mass is 9.92. The van der Waals surface area contributed by atoms with Crippen LogP contribution in [0.3, 0.4) is 0 Å². The quantitative estimate of drug-likeness (QED) is 0.494. The topological polar surface area (TPSA) is 121 Å². The number of nitrogens with zero attached hydrogens (tertiary/aromatic N) is 6. The van der Waals surface area contributed by atoms with Gasteiger partial charge < -0.3 is 19.6 Å². The van der Waals surface area contributed by atoms with Gasteiger partial charge in [0.25, 0.3) is 5.91 Å². The average Bonchev–Trinajstić information content (AvgIpc) is 3.39. The second-order valence-electron chi connectivity index (χ2n) is 9.57. The van der Waals surface area contributed by atoms with Gasteiger partial charge in [-0.05, 0) is 25.5 Å². The highest BCUT2D eigenvalue weighted by molar-refractivity contribution is 7.14. The molecule has 1 aromatic carbocycles. The molecule has 2 aliphatic rings. The minimum Gasteiger partial charge on any atom is -0.502 e. The number of likely N-dealkylation sites (tertiary alicyclic amines) is 1. The minimum absolute atomic E-state index is 0.0216. The van der Waals surface area contributed by atoms with Crippen molar-refractivity contribution in [3.05, 3.63) is 62.5 Å². The zero-order chi connectivity index (χ0) is 28.8. The van der Waals surface area contributed by atoms with Crippen molar-refractivity contribution >= 4 is 23.3 Å².